The first-order chi connectivity index (χ1) is 15.0. The molecule has 2 aromatic heterocycles. The molecule has 3 heterocycles. The molecular weight excluding hydrogens is 410 g/mol. The summed E-state index contributed by atoms with van der Waals surface area (Å²) in [6, 6.07) is 13.1. The summed E-state index contributed by atoms with van der Waals surface area (Å²) in [4.78, 5) is 27.0. The van der Waals surface area contributed by atoms with Gasteiger partial charge in [-0.1, -0.05) is 18.2 Å². The zero-order valence-corrected chi connectivity index (χ0v) is 18.6. The summed E-state index contributed by atoms with van der Waals surface area (Å²) in [5.74, 6) is -0.431. The summed E-state index contributed by atoms with van der Waals surface area (Å²) in [6.45, 7) is 5.92. The van der Waals surface area contributed by atoms with Gasteiger partial charge in [0.15, 0.2) is 0 Å². The normalized spacial score (nSPS) is 15.7. The van der Waals surface area contributed by atoms with Gasteiger partial charge in [0.2, 0.25) is 0 Å². The lowest BCUT2D eigenvalue weighted by molar-refractivity contribution is 0.0858. The van der Waals surface area contributed by atoms with Crippen LogP contribution in [-0.4, -0.2) is 35.6 Å². The van der Waals surface area contributed by atoms with Crippen LogP contribution in [0.1, 0.15) is 49.8 Å². The highest BCUT2D eigenvalue weighted by Gasteiger charge is 2.20. The largest absolute Gasteiger partial charge is 0.376 e. The molecule has 0 radical (unpaired) electrons. The molecule has 3 aromatic rings. The fourth-order valence-electron chi connectivity index (χ4n) is 3.92. The molecule has 162 valence electrons. The number of amides is 2. The van der Waals surface area contributed by atoms with Gasteiger partial charge in [-0.05, 0) is 56.3 Å². The summed E-state index contributed by atoms with van der Waals surface area (Å²) in [5, 5.41) is 7.91. The van der Waals surface area contributed by atoms with Crippen molar-refractivity contribution in [2.75, 3.05) is 18.5 Å². The second-order valence-electron chi connectivity index (χ2n) is 7.80. The Kier molecular flexibility index (Phi) is 6.53. The molecule has 1 aromatic carbocycles. The third-order valence-corrected chi connectivity index (χ3v) is 6.51. The number of thiophene rings is 1. The third kappa shape index (κ3) is 4.89. The molecule has 2 N–H and O–H groups in total. The van der Waals surface area contributed by atoms with Gasteiger partial charge in [-0.25, -0.2) is 0 Å². The summed E-state index contributed by atoms with van der Waals surface area (Å²) < 4.78 is 7.71. The molecule has 2 amide bonds. The number of carbonyl (C=O) groups is 2. The van der Waals surface area contributed by atoms with Crippen molar-refractivity contribution < 1.29 is 14.3 Å². The highest BCUT2D eigenvalue weighted by Crippen LogP contribution is 2.22. The van der Waals surface area contributed by atoms with Crippen LogP contribution < -0.4 is 10.6 Å². The third-order valence-electron chi connectivity index (χ3n) is 5.65. The molecule has 6 nitrogen and oxygen atoms in total. The van der Waals surface area contributed by atoms with Gasteiger partial charge in [0, 0.05) is 29.4 Å². The quantitative estimate of drug-likeness (QED) is 0.576. The zero-order valence-electron chi connectivity index (χ0n) is 17.8. The van der Waals surface area contributed by atoms with Crippen molar-refractivity contribution in [3.05, 3.63) is 75.2 Å². The Labute approximate surface area is 186 Å². The average Bonchev–Trinajstić information content (AvgIpc) is 3.52. The lowest BCUT2D eigenvalue weighted by atomic mass is 10.1. The Morgan fingerprint density at radius 3 is 2.71 bits per heavy atom. The number of aryl methyl sites for hydroxylation is 1. The lowest BCUT2D eigenvalue weighted by Crippen LogP contribution is -2.32. The van der Waals surface area contributed by atoms with Gasteiger partial charge in [-0.3, -0.25) is 9.59 Å². The molecule has 1 aliphatic rings. The van der Waals surface area contributed by atoms with Gasteiger partial charge in [0.25, 0.3) is 11.8 Å². The Balaban J connectivity index is 1.48. The predicted octanol–water partition coefficient (Wildman–Crippen LogP) is 4.38. The molecule has 1 fully saturated rings. The standard InChI is InChI=1S/C24H27N3O3S/c1-16-13-21(17(2)27(16)15-19-8-6-12-31-19)24(29)26-22-10-4-3-9-20(22)23(28)25-14-18-7-5-11-30-18/h3-4,6,8-10,12-13,18H,5,7,11,14-15H2,1-2H3,(H,25,28)(H,26,29). The summed E-state index contributed by atoms with van der Waals surface area (Å²) >= 11 is 1.70. The first-order valence-corrected chi connectivity index (χ1v) is 11.4. The highest BCUT2D eigenvalue weighted by atomic mass is 32.1. The molecule has 1 unspecified atom stereocenters. The molecule has 0 bridgehead atoms. The molecule has 31 heavy (non-hydrogen) atoms. The molecule has 1 saturated heterocycles. The Bertz CT molecular complexity index is 1070. The van der Waals surface area contributed by atoms with Gasteiger partial charge >= 0.3 is 0 Å². The number of benzene rings is 1. The molecule has 1 aliphatic heterocycles. The van der Waals surface area contributed by atoms with E-state index in [1.165, 1.54) is 4.88 Å². The first kappa shape index (κ1) is 21.3. The fraction of sp³-hybridized carbons (Fsp3) is 0.333. The predicted molar refractivity (Wildman–Crippen MR) is 123 cm³/mol. The second-order valence-corrected chi connectivity index (χ2v) is 8.83. The number of para-hydroxylation sites is 1. The number of hydrogen-bond acceptors (Lipinski definition) is 4. The van der Waals surface area contributed by atoms with Crippen LogP contribution in [0.15, 0.2) is 47.8 Å². The molecule has 0 spiro atoms. The molecule has 0 saturated carbocycles. The number of nitrogens with zero attached hydrogens (tertiary/aromatic N) is 1. The van der Waals surface area contributed by atoms with Crippen LogP contribution in [0.2, 0.25) is 0 Å². The highest BCUT2D eigenvalue weighted by molar-refractivity contribution is 7.09. The van der Waals surface area contributed by atoms with Crippen LogP contribution >= 0.6 is 11.3 Å². The van der Waals surface area contributed by atoms with Crippen molar-refractivity contribution in [3.8, 4) is 0 Å². The van der Waals surface area contributed by atoms with Gasteiger partial charge in [0.05, 0.1) is 29.5 Å². The number of aromatic nitrogens is 1. The minimum Gasteiger partial charge on any atom is -0.376 e. The van der Waals surface area contributed by atoms with Crippen LogP contribution in [0.4, 0.5) is 5.69 Å². The van der Waals surface area contributed by atoms with Crippen LogP contribution in [0.3, 0.4) is 0 Å². The maximum atomic E-state index is 13.1. The van der Waals surface area contributed by atoms with Crippen LogP contribution in [0.5, 0.6) is 0 Å². The van der Waals surface area contributed by atoms with Crippen molar-refractivity contribution in [3.63, 3.8) is 0 Å². The second kappa shape index (κ2) is 9.49. The Morgan fingerprint density at radius 1 is 1.13 bits per heavy atom. The van der Waals surface area contributed by atoms with Crippen molar-refractivity contribution in [2.24, 2.45) is 0 Å². The zero-order chi connectivity index (χ0) is 21.8. The number of rotatable bonds is 7. The van der Waals surface area contributed by atoms with E-state index < -0.39 is 0 Å². The molecule has 4 rings (SSSR count). The summed E-state index contributed by atoms with van der Waals surface area (Å²) in [7, 11) is 0. The van der Waals surface area contributed by atoms with Crippen LogP contribution in [0, 0.1) is 13.8 Å². The van der Waals surface area contributed by atoms with Crippen LogP contribution in [-0.2, 0) is 11.3 Å². The van der Waals surface area contributed by atoms with Gasteiger partial charge < -0.3 is 19.9 Å². The SMILES string of the molecule is Cc1cc(C(=O)Nc2ccccc2C(=O)NCC2CCCO2)c(C)n1Cc1cccs1. The van der Waals surface area contributed by atoms with Gasteiger partial charge in [0.1, 0.15) is 0 Å². The van der Waals surface area contributed by atoms with Crippen molar-refractivity contribution in [1.29, 1.82) is 0 Å². The number of ether oxygens (including phenoxy) is 1. The maximum Gasteiger partial charge on any atom is 0.257 e. The minimum absolute atomic E-state index is 0.0689. The van der Waals surface area contributed by atoms with E-state index in [0.29, 0.717) is 23.4 Å². The number of carbonyl (C=O) groups excluding carboxylic acids is 2. The van der Waals surface area contributed by atoms with E-state index in [-0.39, 0.29) is 17.9 Å². The van der Waals surface area contributed by atoms with E-state index in [1.54, 1.807) is 29.5 Å². The molecule has 1 atom stereocenters. The molecule has 0 aliphatic carbocycles. The maximum absolute atomic E-state index is 13.1. The van der Waals surface area contributed by atoms with Gasteiger partial charge in [-0.2, -0.15) is 0 Å². The van der Waals surface area contributed by atoms with E-state index in [1.807, 2.05) is 32.0 Å². The smallest absolute Gasteiger partial charge is 0.257 e. The topological polar surface area (TPSA) is 72.4 Å². The Hall–Kier alpha value is -2.90. The number of hydrogen-bond donors (Lipinski definition) is 2. The monoisotopic (exact) mass is 437 g/mol. The lowest BCUT2D eigenvalue weighted by Gasteiger charge is -2.14. The minimum atomic E-state index is -0.218. The number of nitrogens with one attached hydrogen (secondary N) is 2. The number of anilines is 1. The fourth-order valence-corrected chi connectivity index (χ4v) is 4.61. The van der Waals surface area contributed by atoms with Crippen molar-refractivity contribution in [1.82, 2.24) is 9.88 Å². The van der Waals surface area contributed by atoms with Crippen molar-refractivity contribution >= 4 is 28.8 Å². The molecule has 7 heteroatoms. The summed E-state index contributed by atoms with van der Waals surface area (Å²) in [6.07, 6.45) is 2.05. The first-order valence-electron chi connectivity index (χ1n) is 10.5. The van der Waals surface area contributed by atoms with Crippen LogP contribution in [0.25, 0.3) is 0 Å². The van der Waals surface area contributed by atoms with Gasteiger partial charge in [-0.15, -0.1) is 11.3 Å². The van der Waals surface area contributed by atoms with E-state index in [9.17, 15) is 9.59 Å². The average molecular weight is 438 g/mol. The van der Waals surface area contributed by atoms with Crippen molar-refractivity contribution in [2.45, 2.75) is 39.3 Å². The van der Waals surface area contributed by atoms with E-state index in [0.717, 1.165) is 37.4 Å². The van der Waals surface area contributed by atoms with E-state index in [4.69, 9.17) is 4.74 Å². The van der Waals surface area contributed by atoms with E-state index in [2.05, 4.69) is 26.6 Å². The molecular formula is C24H27N3O3S. The Morgan fingerprint density at radius 2 is 1.97 bits per heavy atom. The van der Waals surface area contributed by atoms with E-state index >= 15 is 0 Å². The summed E-state index contributed by atoms with van der Waals surface area (Å²) in [5.41, 5.74) is 3.49.